The molecule has 3 unspecified atom stereocenters. The molecule has 0 aliphatic carbocycles. The number of rotatable bonds is 2. The number of nitrogens with two attached hydrogens (primary N) is 1. The molecule has 2 saturated heterocycles. The van der Waals surface area contributed by atoms with Crippen LogP contribution in [0.15, 0.2) is 0 Å². The first-order valence-corrected chi connectivity index (χ1v) is 6.81. The number of hydrogen-bond donors (Lipinski definition) is 1. The van der Waals surface area contributed by atoms with Crippen molar-refractivity contribution in [3.63, 3.8) is 0 Å². The number of carbonyl (C=O) groups excluding carboxylic acids is 1. The Morgan fingerprint density at radius 3 is 2.78 bits per heavy atom. The van der Waals surface area contributed by atoms with Gasteiger partial charge in [-0.3, -0.25) is 4.79 Å². The molecule has 0 saturated carbocycles. The topological polar surface area (TPSA) is 49.6 Å². The van der Waals surface area contributed by atoms with Crippen molar-refractivity contribution in [2.75, 3.05) is 26.7 Å². The number of carbonyl (C=O) groups is 1. The van der Waals surface area contributed by atoms with Gasteiger partial charge in [0.25, 0.3) is 0 Å². The minimum Gasteiger partial charge on any atom is -0.342 e. The molecule has 1 amide bonds. The van der Waals surface area contributed by atoms with E-state index in [1.54, 1.807) is 0 Å². The minimum absolute atomic E-state index is 0. The van der Waals surface area contributed by atoms with Crippen LogP contribution in [-0.4, -0.2) is 54.5 Å². The monoisotopic (exact) mass is 275 g/mol. The lowest BCUT2D eigenvalue weighted by atomic mass is 9.84. The second kappa shape index (κ2) is 6.73. The Bertz CT molecular complexity index is 285. The van der Waals surface area contributed by atoms with Gasteiger partial charge in [-0.25, -0.2) is 0 Å². The summed E-state index contributed by atoms with van der Waals surface area (Å²) in [5.41, 5.74) is 5.70. The highest BCUT2D eigenvalue weighted by Crippen LogP contribution is 2.29. The van der Waals surface area contributed by atoms with Crippen LogP contribution in [0.25, 0.3) is 0 Å². The van der Waals surface area contributed by atoms with E-state index in [2.05, 4.69) is 11.9 Å². The second-order valence-corrected chi connectivity index (χ2v) is 5.76. The summed E-state index contributed by atoms with van der Waals surface area (Å²) in [6, 6.07) is 0.678. The van der Waals surface area contributed by atoms with Gasteiger partial charge in [-0.15, -0.1) is 12.4 Å². The maximum Gasteiger partial charge on any atom is 0.224 e. The Kier molecular flexibility index (Phi) is 5.89. The molecule has 2 rings (SSSR count). The molecule has 2 aliphatic rings. The number of halogens is 1. The number of fused-ring (bicyclic) bond motifs is 1. The van der Waals surface area contributed by atoms with Crippen molar-refractivity contribution < 1.29 is 4.79 Å². The molecule has 2 N–H and O–H groups in total. The maximum absolute atomic E-state index is 12.0. The molecule has 0 aromatic rings. The summed E-state index contributed by atoms with van der Waals surface area (Å²) >= 11 is 0. The van der Waals surface area contributed by atoms with E-state index in [9.17, 15) is 4.79 Å². The Hall–Kier alpha value is -0.320. The zero-order valence-electron chi connectivity index (χ0n) is 11.5. The average molecular weight is 276 g/mol. The summed E-state index contributed by atoms with van der Waals surface area (Å²) in [5, 5.41) is 0. The molecule has 4 nitrogen and oxygen atoms in total. The van der Waals surface area contributed by atoms with Crippen molar-refractivity contribution in [2.45, 2.75) is 44.7 Å². The molecule has 0 radical (unpaired) electrons. The summed E-state index contributed by atoms with van der Waals surface area (Å²) in [6.45, 7) is 4.98. The van der Waals surface area contributed by atoms with Crippen LogP contribution in [0.3, 0.4) is 0 Å². The molecule has 18 heavy (non-hydrogen) atoms. The number of amides is 1. The molecule has 0 spiro atoms. The highest BCUT2D eigenvalue weighted by atomic mass is 35.5. The Balaban J connectivity index is 0.00000162. The molecule has 0 aromatic heterocycles. The van der Waals surface area contributed by atoms with E-state index in [0.29, 0.717) is 18.4 Å². The van der Waals surface area contributed by atoms with Crippen molar-refractivity contribution in [1.82, 2.24) is 9.80 Å². The lowest BCUT2D eigenvalue weighted by Gasteiger charge is -2.46. The van der Waals surface area contributed by atoms with E-state index in [1.165, 1.54) is 19.4 Å². The van der Waals surface area contributed by atoms with Gasteiger partial charge in [0.1, 0.15) is 0 Å². The van der Waals surface area contributed by atoms with Gasteiger partial charge in [0, 0.05) is 31.6 Å². The van der Waals surface area contributed by atoms with Crippen LogP contribution in [0.2, 0.25) is 0 Å². The third kappa shape index (κ3) is 3.59. The van der Waals surface area contributed by atoms with Crippen molar-refractivity contribution >= 4 is 18.3 Å². The van der Waals surface area contributed by atoms with E-state index in [4.69, 9.17) is 5.73 Å². The van der Waals surface area contributed by atoms with Crippen LogP contribution in [0.1, 0.15) is 32.6 Å². The summed E-state index contributed by atoms with van der Waals surface area (Å²) < 4.78 is 0. The van der Waals surface area contributed by atoms with Gasteiger partial charge in [-0.2, -0.15) is 0 Å². The summed E-state index contributed by atoms with van der Waals surface area (Å²) in [5.74, 6) is 0.922. The number of nitrogens with zero attached hydrogens (tertiary/aromatic N) is 2. The zero-order valence-corrected chi connectivity index (χ0v) is 12.3. The number of hydrogen-bond acceptors (Lipinski definition) is 3. The first kappa shape index (κ1) is 15.7. The van der Waals surface area contributed by atoms with Gasteiger partial charge in [-0.05, 0) is 45.7 Å². The summed E-state index contributed by atoms with van der Waals surface area (Å²) in [7, 11) is 2.22. The maximum atomic E-state index is 12.0. The molecular formula is C13H26ClN3O. The van der Waals surface area contributed by atoms with Crippen molar-refractivity contribution in [2.24, 2.45) is 11.7 Å². The molecule has 3 atom stereocenters. The van der Waals surface area contributed by atoms with Crippen molar-refractivity contribution in [1.29, 1.82) is 0 Å². The van der Waals surface area contributed by atoms with Crippen LogP contribution in [0.4, 0.5) is 0 Å². The normalized spacial score (nSPS) is 30.3. The third-order valence-electron chi connectivity index (χ3n) is 4.20. The summed E-state index contributed by atoms with van der Waals surface area (Å²) in [6.07, 6.45) is 4.17. The highest BCUT2D eigenvalue weighted by Gasteiger charge is 2.35. The number of likely N-dealkylation sites (tertiary alicyclic amines) is 2. The van der Waals surface area contributed by atoms with Gasteiger partial charge in [0.05, 0.1) is 0 Å². The smallest absolute Gasteiger partial charge is 0.224 e. The predicted molar refractivity (Wildman–Crippen MR) is 75.9 cm³/mol. The third-order valence-corrected chi connectivity index (χ3v) is 4.20. The van der Waals surface area contributed by atoms with E-state index in [1.807, 2.05) is 11.8 Å². The van der Waals surface area contributed by atoms with Crippen molar-refractivity contribution in [3.05, 3.63) is 0 Å². The fourth-order valence-corrected chi connectivity index (χ4v) is 3.28. The molecule has 5 heteroatoms. The van der Waals surface area contributed by atoms with Gasteiger partial charge in [0.15, 0.2) is 0 Å². The van der Waals surface area contributed by atoms with Crippen LogP contribution in [0, 0.1) is 5.92 Å². The summed E-state index contributed by atoms with van der Waals surface area (Å²) in [4.78, 5) is 16.5. The van der Waals surface area contributed by atoms with E-state index in [-0.39, 0.29) is 24.4 Å². The molecule has 2 heterocycles. The Labute approximate surface area is 116 Å². The van der Waals surface area contributed by atoms with Gasteiger partial charge >= 0.3 is 0 Å². The zero-order chi connectivity index (χ0) is 12.4. The van der Waals surface area contributed by atoms with Crippen LogP contribution < -0.4 is 5.73 Å². The first-order chi connectivity index (χ1) is 8.08. The fraction of sp³-hybridized carbons (Fsp3) is 0.923. The quantitative estimate of drug-likeness (QED) is 0.821. The molecule has 2 fully saturated rings. The van der Waals surface area contributed by atoms with Gasteiger partial charge < -0.3 is 15.5 Å². The van der Waals surface area contributed by atoms with Crippen LogP contribution in [-0.2, 0) is 4.79 Å². The van der Waals surface area contributed by atoms with Crippen molar-refractivity contribution in [3.8, 4) is 0 Å². The molecule has 0 bridgehead atoms. The lowest BCUT2D eigenvalue weighted by molar-refractivity contribution is -0.135. The second-order valence-electron chi connectivity index (χ2n) is 5.76. The Morgan fingerprint density at radius 1 is 1.39 bits per heavy atom. The van der Waals surface area contributed by atoms with E-state index in [0.717, 1.165) is 19.5 Å². The Morgan fingerprint density at radius 2 is 2.11 bits per heavy atom. The molecular weight excluding hydrogens is 250 g/mol. The molecule has 106 valence electrons. The SMILES string of the molecule is CC(N)CC(=O)N1CCC2C(CCCN2C)C1.Cl. The first-order valence-electron chi connectivity index (χ1n) is 6.81. The van der Waals surface area contributed by atoms with E-state index < -0.39 is 0 Å². The van der Waals surface area contributed by atoms with Crippen LogP contribution in [0.5, 0.6) is 0 Å². The average Bonchev–Trinajstić information content (AvgIpc) is 2.28. The largest absolute Gasteiger partial charge is 0.342 e. The van der Waals surface area contributed by atoms with Crippen LogP contribution >= 0.6 is 12.4 Å². The minimum atomic E-state index is -0.0192. The lowest BCUT2D eigenvalue weighted by Crippen LogP contribution is -2.54. The fourth-order valence-electron chi connectivity index (χ4n) is 3.28. The van der Waals surface area contributed by atoms with Gasteiger partial charge in [0.2, 0.25) is 5.91 Å². The molecule has 0 aromatic carbocycles. The van der Waals surface area contributed by atoms with E-state index >= 15 is 0 Å². The van der Waals surface area contributed by atoms with Gasteiger partial charge in [-0.1, -0.05) is 0 Å². The number of piperidine rings is 2. The predicted octanol–water partition coefficient (Wildman–Crippen LogP) is 1.09. The molecule has 2 aliphatic heterocycles. The standard InChI is InChI=1S/C13H25N3O.ClH/c1-10(14)8-13(17)16-7-5-12-11(9-16)4-3-6-15(12)2;/h10-12H,3-9,14H2,1-2H3;1H. The highest BCUT2D eigenvalue weighted by molar-refractivity contribution is 5.85.